The topological polar surface area (TPSA) is 120 Å². The van der Waals surface area contributed by atoms with Crippen LogP contribution in [-0.4, -0.2) is 69.8 Å². The van der Waals surface area contributed by atoms with Crippen molar-refractivity contribution in [2.45, 2.75) is 43.4 Å². The van der Waals surface area contributed by atoms with E-state index >= 15 is 0 Å². The molecule has 3 rings (SSSR count). The molecule has 8 heteroatoms. The summed E-state index contributed by atoms with van der Waals surface area (Å²) in [5.41, 5.74) is 2.05. The summed E-state index contributed by atoms with van der Waals surface area (Å²) >= 11 is 6.31. The van der Waals surface area contributed by atoms with Crippen molar-refractivity contribution in [3.05, 3.63) is 64.2 Å². The van der Waals surface area contributed by atoms with Crippen LogP contribution >= 0.6 is 11.6 Å². The van der Waals surface area contributed by atoms with Gasteiger partial charge in [0.05, 0.1) is 19.8 Å². The predicted octanol–water partition coefficient (Wildman–Crippen LogP) is 1.21. The molecule has 1 saturated heterocycles. The monoisotopic (exact) mass is 438 g/mol. The molecule has 2 aromatic carbocycles. The Labute approximate surface area is 180 Å². The standard InChI is InChI=1S/C22H27ClO7/c23-18-6-3-14(20(26)22(28)21(27)19(25)11-24)10-15(18)9-13-1-4-16(5-2-13)30-17-7-8-29-12-17/h1-6,10,17,19-22,24-28H,7-9,11-12H2/t17-,19+,20+,21-,22-/m0/s1. The van der Waals surface area contributed by atoms with Gasteiger partial charge in [0.2, 0.25) is 0 Å². The van der Waals surface area contributed by atoms with Gasteiger partial charge in [-0.3, -0.25) is 0 Å². The second-order valence-electron chi connectivity index (χ2n) is 7.45. The van der Waals surface area contributed by atoms with Crippen LogP contribution in [0.2, 0.25) is 5.02 Å². The normalized spacial score (nSPS) is 20.5. The van der Waals surface area contributed by atoms with Gasteiger partial charge in [-0.25, -0.2) is 0 Å². The zero-order chi connectivity index (χ0) is 21.7. The van der Waals surface area contributed by atoms with Gasteiger partial charge in [-0.05, 0) is 41.3 Å². The lowest BCUT2D eigenvalue weighted by atomic mass is 9.95. The number of ether oxygens (including phenoxy) is 2. The number of aliphatic hydroxyl groups is 5. The highest BCUT2D eigenvalue weighted by Gasteiger charge is 2.31. The van der Waals surface area contributed by atoms with E-state index in [2.05, 4.69) is 0 Å². The van der Waals surface area contributed by atoms with Gasteiger partial charge >= 0.3 is 0 Å². The fourth-order valence-corrected chi connectivity index (χ4v) is 3.52. The first kappa shape index (κ1) is 23.0. The second kappa shape index (κ2) is 10.5. The quantitative estimate of drug-likeness (QED) is 0.399. The SMILES string of the molecule is OC[C@@H](O)[C@H](O)[C@@H](O)[C@H](O)c1ccc(Cl)c(Cc2ccc(O[C@H]3CCOC3)cc2)c1. The van der Waals surface area contributed by atoms with Crippen LogP contribution in [0.5, 0.6) is 5.75 Å². The summed E-state index contributed by atoms with van der Waals surface area (Å²) in [6.45, 7) is 0.584. The molecule has 5 atom stereocenters. The molecule has 5 N–H and O–H groups in total. The molecule has 164 valence electrons. The summed E-state index contributed by atoms with van der Waals surface area (Å²) in [5, 5.41) is 49.2. The molecule has 1 aliphatic rings. The Kier molecular flexibility index (Phi) is 8.07. The van der Waals surface area contributed by atoms with Crippen LogP contribution in [0.25, 0.3) is 0 Å². The van der Waals surface area contributed by atoms with Crippen LogP contribution in [0, 0.1) is 0 Å². The van der Waals surface area contributed by atoms with Crippen molar-refractivity contribution in [2.24, 2.45) is 0 Å². The average molecular weight is 439 g/mol. The van der Waals surface area contributed by atoms with E-state index in [1.54, 1.807) is 18.2 Å². The Hall–Kier alpha value is -1.71. The van der Waals surface area contributed by atoms with E-state index in [0.29, 0.717) is 30.2 Å². The molecule has 0 saturated carbocycles. The van der Waals surface area contributed by atoms with Gasteiger partial charge in [0.15, 0.2) is 0 Å². The third kappa shape index (κ3) is 5.70. The van der Waals surface area contributed by atoms with E-state index in [1.165, 1.54) is 0 Å². The number of aliphatic hydroxyl groups excluding tert-OH is 5. The van der Waals surface area contributed by atoms with Gasteiger partial charge in [-0.15, -0.1) is 0 Å². The van der Waals surface area contributed by atoms with E-state index in [1.807, 2.05) is 24.3 Å². The van der Waals surface area contributed by atoms with Crippen molar-refractivity contribution in [1.29, 1.82) is 0 Å². The number of hydrogen-bond donors (Lipinski definition) is 5. The molecule has 0 unspecified atom stereocenters. The molecule has 0 spiro atoms. The summed E-state index contributed by atoms with van der Waals surface area (Å²) in [5.74, 6) is 0.768. The summed E-state index contributed by atoms with van der Waals surface area (Å²) in [6, 6.07) is 12.4. The molecular formula is C22H27ClO7. The van der Waals surface area contributed by atoms with E-state index < -0.39 is 31.0 Å². The molecular weight excluding hydrogens is 412 g/mol. The molecule has 0 aromatic heterocycles. The maximum Gasteiger partial charge on any atom is 0.124 e. The first-order valence-electron chi connectivity index (χ1n) is 9.84. The number of benzene rings is 2. The minimum Gasteiger partial charge on any atom is -0.488 e. The highest BCUT2D eigenvalue weighted by Crippen LogP contribution is 2.27. The molecule has 1 fully saturated rings. The summed E-state index contributed by atoms with van der Waals surface area (Å²) in [4.78, 5) is 0. The zero-order valence-electron chi connectivity index (χ0n) is 16.4. The smallest absolute Gasteiger partial charge is 0.124 e. The Morgan fingerprint density at radius 2 is 1.77 bits per heavy atom. The van der Waals surface area contributed by atoms with Gasteiger partial charge < -0.3 is 35.0 Å². The van der Waals surface area contributed by atoms with Crippen LogP contribution in [0.3, 0.4) is 0 Å². The molecule has 0 radical (unpaired) electrons. The average Bonchev–Trinajstić information content (AvgIpc) is 3.27. The van der Waals surface area contributed by atoms with Crippen molar-refractivity contribution in [3.63, 3.8) is 0 Å². The molecule has 0 aliphatic carbocycles. The lowest BCUT2D eigenvalue weighted by Crippen LogP contribution is -2.42. The molecule has 0 bridgehead atoms. The summed E-state index contributed by atoms with van der Waals surface area (Å²) < 4.78 is 11.2. The zero-order valence-corrected chi connectivity index (χ0v) is 17.2. The van der Waals surface area contributed by atoms with Crippen LogP contribution in [0.15, 0.2) is 42.5 Å². The molecule has 7 nitrogen and oxygen atoms in total. The van der Waals surface area contributed by atoms with Crippen LogP contribution in [0.1, 0.15) is 29.2 Å². The first-order chi connectivity index (χ1) is 14.4. The van der Waals surface area contributed by atoms with Crippen molar-refractivity contribution < 1.29 is 35.0 Å². The minimum atomic E-state index is -1.69. The Morgan fingerprint density at radius 3 is 2.40 bits per heavy atom. The lowest BCUT2D eigenvalue weighted by Gasteiger charge is -2.26. The van der Waals surface area contributed by atoms with Crippen molar-refractivity contribution in [1.82, 2.24) is 0 Å². The number of rotatable bonds is 9. The van der Waals surface area contributed by atoms with Gasteiger partial charge in [-0.1, -0.05) is 35.9 Å². The summed E-state index contributed by atoms with van der Waals surface area (Å²) in [7, 11) is 0. The Balaban J connectivity index is 1.69. The molecule has 0 amide bonds. The van der Waals surface area contributed by atoms with E-state index in [9.17, 15) is 20.4 Å². The van der Waals surface area contributed by atoms with E-state index in [4.69, 9.17) is 26.2 Å². The highest BCUT2D eigenvalue weighted by atomic mass is 35.5. The highest BCUT2D eigenvalue weighted by molar-refractivity contribution is 6.31. The van der Waals surface area contributed by atoms with Crippen LogP contribution in [-0.2, 0) is 11.2 Å². The molecule has 1 aliphatic heterocycles. The largest absolute Gasteiger partial charge is 0.488 e. The first-order valence-corrected chi connectivity index (χ1v) is 10.2. The Morgan fingerprint density at radius 1 is 1.03 bits per heavy atom. The van der Waals surface area contributed by atoms with E-state index in [-0.39, 0.29) is 6.10 Å². The van der Waals surface area contributed by atoms with Crippen LogP contribution < -0.4 is 4.74 Å². The Bertz CT molecular complexity index is 808. The molecule has 1 heterocycles. The fourth-order valence-electron chi connectivity index (χ4n) is 3.34. The third-order valence-electron chi connectivity index (χ3n) is 5.17. The molecule has 2 aromatic rings. The van der Waals surface area contributed by atoms with Gasteiger partial charge in [0.1, 0.15) is 36.3 Å². The van der Waals surface area contributed by atoms with Gasteiger partial charge in [0, 0.05) is 11.4 Å². The van der Waals surface area contributed by atoms with Gasteiger partial charge in [0.25, 0.3) is 0 Å². The maximum absolute atomic E-state index is 10.4. The lowest BCUT2D eigenvalue weighted by molar-refractivity contribution is -0.116. The predicted molar refractivity (Wildman–Crippen MR) is 111 cm³/mol. The fraction of sp³-hybridized carbons (Fsp3) is 0.455. The third-order valence-corrected chi connectivity index (χ3v) is 5.54. The van der Waals surface area contributed by atoms with Gasteiger partial charge in [-0.2, -0.15) is 0 Å². The van der Waals surface area contributed by atoms with E-state index in [0.717, 1.165) is 23.3 Å². The van der Waals surface area contributed by atoms with Crippen molar-refractivity contribution >= 4 is 11.6 Å². The maximum atomic E-state index is 10.4. The summed E-state index contributed by atoms with van der Waals surface area (Å²) in [6.07, 6.45) is -4.93. The van der Waals surface area contributed by atoms with Crippen LogP contribution in [0.4, 0.5) is 0 Å². The molecule has 30 heavy (non-hydrogen) atoms. The minimum absolute atomic E-state index is 0.0783. The number of halogens is 1. The van der Waals surface area contributed by atoms with Crippen molar-refractivity contribution in [2.75, 3.05) is 19.8 Å². The number of hydrogen-bond acceptors (Lipinski definition) is 7. The van der Waals surface area contributed by atoms with Crippen molar-refractivity contribution in [3.8, 4) is 5.75 Å². The second-order valence-corrected chi connectivity index (χ2v) is 7.86.